The van der Waals surface area contributed by atoms with E-state index in [-0.39, 0.29) is 25.0 Å². The molecule has 0 saturated heterocycles. The van der Waals surface area contributed by atoms with Gasteiger partial charge in [0, 0.05) is 17.1 Å². The lowest BCUT2D eigenvalue weighted by Crippen LogP contribution is -2.12. The van der Waals surface area contributed by atoms with Gasteiger partial charge in [-0.3, -0.25) is 4.79 Å². The minimum absolute atomic E-state index is 0.0114. The van der Waals surface area contributed by atoms with E-state index in [2.05, 4.69) is 0 Å². The van der Waals surface area contributed by atoms with E-state index < -0.39 is 11.7 Å². The number of carbonyl (C=O) groups is 1. The number of hydrogen-bond acceptors (Lipinski definition) is 3. The summed E-state index contributed by atoms with van der Waals surface area (Å²) in [6, 6.07) is 11.8. The Balaban J connectivity index is 1.48. The maximum atomic E-state index is 13.7. The van der Waals surface area contributed by atoms with Crippen LogP contribution >= 0.6 is 0 Å². The van der Waals surface area contributed by atoms with Gasteiger partial charge in [0.15, 0.2) is 0 Å². The number of nitrogens with zero attached hydrogens (tertiary/aromatic N) is 1. The van der Waals surface area contributed by atoms with Gasteiger partial charge >= 0.3 is 12.1 Å². The molecular weight excluding hydrogens is 419 g/mol. The Labute approximate surface area is 184 Å². The standard InChI is InChI=1S/C25H26F3NO3/c1-2-31-24(30)15-29-12-11-19-14-20(8-10-23(19)29)32-16-17-7-9-21(18-5-3-4-6-18)22(13-17)25(26,27)28/h7-14,18H,2-6,15-16H2,1H3. The van der Waals surface area contributed by atoms with E-state index in [4.69, 9.17) is 9.47 Å². The third kappa shape index (κ3) is 4.92. The zero-order valence-electron chi connectivity index (χ0n) is 18.0. The van der Waals surface area contributed by atoms with E-state index in [9.17, 15) is 18.0 Å². The monoisotopic (exact) mass is 445 g/mol. The molecular formula is C25H26F3NO3. The van der Waals surface area contributed by atoms with Crippen molar-refractivity contribution in [1.82, 2.24) is 4.57 Å². The SMILES string of the molecule is CCOC(=O)Cn1ccc2cc(OCc3ccc(C4CCCC4)c(C(F)(F)F)c3)ccc21. The summed E-state index contributed by atoms with van der Waals surface area (Å²) in [6.45, 7) is 2.25. The molecule has 0 spiro atoms. The lowest BCUT2D eigenvalue weighted by Gasteiger charge is -2.19. The number of benzene rings is 2. The molecule has 32 heavy (non-hydrogen) atoms. The molecule has 4 rings (SSSR count). The Morgan fingerprint density at radius 2 is 1.88 bits per heavy atom. The Kier molecular flexibility index (Phi) is 6.44. The molecule has 0 atom stereocenters. The summed E-state index contributed by atoms with van der Waals surface area (Å²) < 4.78 is 53.6. The summed E-state index contributed by atoms with van der Waals surface area (Å²) in [4.78, 5) is 11.7. The van der Waals surface area contributed by atoms with E-state index in [0.717, 1.165) is 36.6 Å². The van der Waals surface area contributed by atoms with E-state index >= 15 is 0 Å². The summed E-state index contributed by atoms with van der Waals surface area (Å²) in [5.74, 6) is 0.231. The molecule has 0 aliphatic heterocycles. The number of aromatic nitrogens is 1. The fourth-order valence-electron chi connectivity index (χ4n) is 4.45. The van der Waals surface area contributed by atoms with Gasteiger partial charge in [0.1, 0.15) is 18.9 Å². The molecule has 0 bridgehead atoms. The minimum Gasteiger partial charge on any atom is -0.489 e. The summed E-state index contributed by atoms with van der Waals surface area (Å²) in [7, 11) is 0. The molecule has 1 fully saturated rings. The zero-order chi connectivity index (χ0) is 22.7. The van der Waals surface area contributed by atoms with Crippen molar-refractivity contribution in [3.63, 3.8) is 0 Å². The van der Waals surface area contributed by atoms with Gasteiger partial charge in [-0.2, -0.15) is 13.2 Å². The molecule has 3 aromatic rings. The average Bonchev–Trinajstić information content (AvgIpc) is 3.42. The molecule has 1 heterocycles. The Morgan fingerprint density at radius 1 is 1.09 bits per heavy atom. The van der Waals surface area contributed by atoms with E-state index in [1.54, 1.807) is 35.9 Å². The molecule has 1 aromatic heterocycles. The Hall–Kier alpha value is -2.96. The smallest absolute Gasteiger partial charge is 0.416 e. The number of rotatable bonds is 7. The van der Waals surface area contributed by atoms with Crippen molar-refractivity contribution in [2.75, 3.05) is 6.61 Å². The van der Waals surface area contributed by atoms with Crippen LogP contribution in [0.4, 0.5) is 13.2 Å². The average molecular weight is 445 g/mol. The highest BCUT2D eigenvalue weighted by molar-refractivity contribution is 5.83. The Morgan fingerprint density at radius 3 is 2.59 bits per heavy atom. The van der Waals surface area contributed by atoms with Gasteiger partial charge in [0.25, 0.3) is 0 Å². The van der Waals surface area contributed by atoms with Crippen LogP contribution in [0.5, 0.6) is 5.75 Å². The summed E-state index contributed by atoms with van der Waals surface area (Å²) in [5.41, 5.74) is 1.20. The summed E-state index contributed by atoms with van der Waals surface area (Å²) in [5, 5.41) is 0.874. The lowest BCUT2D eigenvalue weighted by molar-refractivity contribution is -0.143. The molecule has 0 amide bonds. The zero-order valence-corrected chi connectivity index (χ0v) is 18.0. The van der Waals surface area contributed by atoms with Crippen LogP contribution in [0.15, 0.2) is 48.7 Å². The second kappa shape index (κ2) is 9.27. The van der Waals surface area contributed by atoms with Crippen molar-refractivity contribution in [2.45, 2.75) is 57.9 Å². The topological polar surface area (TPSA) is 40.5 Å². The normalized spacial score (nSPS) is 14.8. The van der Waals surface area contributed by atoms with Crippen LogP contribution in [0.1, 0.15) is 55.2 Å². The van der Waals surface area contributed by atoms with Gasteiger partial charge in [-0.15, -0.1) is 0 Å². The first-order chi connectivity index (χ1) is 15.3. The van der Waals surface area contributed by atoms with Crippen molar-refractivity contribution in [2.24, 2.45) is 0 Å². The van der Waals surface area contributed by atoms with Crippen LogP contribution < -0.4 is 4.74 Å². The Bertz CT molecular complexity index is 1100. The van der Waals surface area contributed by atoms with Gasteiger partial charge in [-0.05, 0) is 67.1 Å². The van der Waals surface area contributed by atoms with Crippen LogP contribution in [0.3, 0.4) is 0 Å². The van der Waals surface area contributed by atoms with Crippen LogP contribution in [0, 0.1) is 0 Å². The van der Waals surface area contributed by atoms with Crippen LogP contribution in [-0.2, 0) is 28.9 Å². The van der Waals surface area contributed by atoms with Gasteiger partial charge < -0.3 is 14.0 Å². The molecule has 0 radical (unpaired) electrons. The third-order valence-electron chi connectivity index (χ3n) is 5.97. The van der Waals surface area contributed by atoms with Crippen LogP contribution in [0.2, 0.25) is 0 Å². The van der Waals surface area contributed by atoms with Gasteiger partial charge in [0.05, 0.1) is 12.2 Å². The van der Waals surface area contributed by atoms with Crippen molar-refractivity contribution >= 4 is 16.9 Å². The number of alkyl halides is 3. The predicted molar refractivity (Wildman–Crippen MR) is 116 cm³/mol. The first-order valence-electron chi connectivity index (χ1n) is 10.9. The highest BCUT2D eigenvalue weighted by atomic mass is 19.4. The molecule has 1 aliphatic carbocycles. The largest absolute Gasteiger partial charge is 0.489 e. The number of carbonyl (C=O) groups excluding carboxylic acids is 1. The van der Waals surface area contributed by atoms with Crippen molar-refractivity contribution < 1.29 is 27.4 Å². The molecule has 1 saturated carbocycles. The first kappa shape index (κ1) is 22.2. The summed E-state index contributed by atoms with van der Waals surface area (Å²) >= 11 is 0. The molecule has 0 N–H and O–H groups in total. The predicted octanol–water partition coefficient (Wildman–Crippen LogP) is 6.46. The number of hydrogen-bond donors (Lipinski definition) is 0. The van der Waals surface area contributed by atoms with Crippen LogP contribution in [0.25, 0.3) is 10.9 Å². The fourth-order valence-corrected chi connectivity index (χ4v) is 4.45. The maximum absolute atomic E-state index is 13.7. The maximum Gasteiger partial charge on any atom is 0.416 e. The quantitative estimate of drug-likeness (QED) is 0.392. The third-order valence-corrected chi connectivity index (χ3v) is 5.97. The molecule has 7 heteroatoms. The number of ether oxygens (including phenoxy) is 2. The van der Waals surface area contributed by atoms with E-state index in [0.29, 0.717) is 23.5 Å². The van der Waals surface area contributed by atoms with Gasteiger partial charge in [-0.1, -0.05) is 25.0 Å². The van der Waals surface area contributed by atoms with Crippen molar-refractivity contribution in [1.29, 1.82) is 0 Å². The van der Waals surface area contributed by atoms with Crippen molar-refractivity contribution in [3.05, 3.63) is 65.4 Å². The van der Waals surface area contributed by atoms with Crippen molar-refractivity contribution in [3.8, 4) is 5.75 Å². The molecule has 4 nitrogen and oxygen atoms in total. The highest BCUT2D eigenvalue weighted by Gasteiger charge is 2.36. The number of esters is 1. The number of halogens is 3. The molecule has 2 aromatic carbocycles. The lowest BCUT2D eigenvalue weighted by atomic mass is 9.91. The number of fused-ring (bicyclic) bond motifs is 1. The second-order valence-corrected chi connectivity index (χ2v) is 8.16. The highest BCUT2D eigenvalue weighted by Crippen LogP contribution is 2.42. The molecule has 170 valence electrons. The minimum atomic E-state index is -4.38. The van der Waals surface area contributed by atoms with Gasteiger partial charge in [0.2, 0.25) is 0 Å². The summed E-state index contributed by atoms with van der Waals surface area (Å²) in [6.07, 6.45) is 1.01. The van der Waals surface area contributed by atoms with E-state index in [1.807, 2.05) is 18.2 Å². The van der Waals surface area contributed by atoms with E-state index in [1.165, 1.54) is 6.07 Å². The van der Waals surface area contributed by atoms with Crippen LogP contribution in [-0.4, -0.2) is 17.1 Å². The molecule has 1 aliphatic rings. The first-order valence-corrected chi connectivity index (χ1v) is 10.9. The second-order valence-electron chi connectivity index (χ2n) is 8.16. The fraction of sp³-hybridized carbons (Fsp3) is 0.400. The molecule has 0 unspecified atom stereocenters. The van der Waals surface area contributed by atoms with Gasteiger partial charge in [-0.25, -0.2) is 0 Å².